The highest BCUT2D eigenvalue weighted by molar-refractivity contribution is 9.10. The van der Waals surface area contributed by atoms with Gasteiger partial charge in [0.2, 0.25) is 0 Å². The van der Waals surface area contributed by atoms with Crippen molar-refractivity contribution in [1.29, 1.82) is 0 Å². The van der Waals surface area contributed by atoms with Gasteiger partial charge in [0.05, 0.1) is 0 Å². The third kappa shape index (κ3) is 4.11. The molecule has 1 aromatic heterocycles. The molecular weight excluding hydrogens is 500 g/mol. The maximum atomic E-state index is 14.0. The molecule has 1 N–H and O–H groups in total. The fourth-order valence-corrected chi connectivity index (χ4v) is 4.66. The highest BCUT2D eigenvalue weighted by Crippen LogP contribution is 2.49. The van der Waals surface area contributed by atoms with E-state index in [0.29, 0.717) is 21.3 Å². The smallest absolute Gasteiger partial charge is 0.408 e. The highest BCUT2D eigenvalue weighted by Gasteiger charge is 2.59. The number of benzene rings is 2. The lowest BCUT2D eigenvalue weighted by molar-refractivity contribution is -0.124. The summed E-state index contributed by atoms with van der Waals surface area (Å²) < 4.78 is 7.42. The van der Waals surface area contributed by atoms with Crippen LogP contribution in [0.1, 0.15) is 42.6 Å². The van der Waals surface area contributed by atoms with Gasteiger partial charge in [0.1, 0.15) is 11.5 Å². The van der Waals surface area contributed by atoms with Crippen molar-refractivity contribution in [3.05, 3.63) is 82.6 Å². The van der Waals surface area contributed by atoms with E-state index in [4.69, 9.17) is 4.74 Å². The summed E-state index contributed by atoms with van der Waals surface area (Å²) in [5.74, 6) is -2.06. The fraction of sp³-hybridized carbons (Fsp3) is 0.280. The zero-order valence-electron chi connectivity index (χ0n) is 19.3. The molecule has 2 amide bonds. The van der Waals surface area contributed by atoms with Crippen LogP contribution in [-0.2, 0) is 15.1 Å². The first kappa shape index (κ1) is 23.7. The van der Waals surface area contributed by atoms with Gasteiger partial charge in [-0.25, -0.2) is 9.48 Å². The second kappa shape index (κ2) is 8.72. The molecule has 4 rings (SSSR count). The number of hydrogen-bond donors (Lipinski definition) is 1. The van der Waals surface area contributed by atoms with Gasteiger partial charge >= 0.3 is 6.09 Å². The SMILES string of the molecule is CN1C(=O)[C@@](NC(=O)OC(C)(C)C)([C@@H](C(=O)n2cccn2)c2ccccc2)c2cc(Br)ccc21. The predicted octanol–water partition coefficient (Wildman–Crippen LogP) is 4.47. The molecule has 3 aromatic rings. The second-order valence-corrected chi connectivity index (χ2v) is 10.0. The van der Waals surface area contributed by atoms with Crippen LogP contribution >= 0.6 is 15.9 Å². The van der Waals surface area contributed by atoms with Crippen molar-refractivity contribution >= 4 is 39.5 Å². The van der Waals surface area contributed by atoms with E-state index in [2.05, 4.69) is 26.3 Å². The number of halogens is 1. The normalized spacial score (nSPS) is 18.4. The summed E-state index contributed by atoms with van der Waals surface area (Å²) in [5.41, 5.74) is -0.977. The zero-order valence-corrected chi connectivity index (χ0v) is 20.9. The van der Waals surface area contributed by atoms with Gasteiger partial charge in [0.15, 0.2) is 5.54 Å². The number of aromatic nitrogens is 2. The van der Waals surface area contributed by atoms with Crippen LogP contribution in [0.3, 0.4) is 0 Å². The van der Waals surface area contributed by atoms with Gasteiger partial charge in [-0.2, -0.15) is 5.10 Å². The van der Waals surface area contributed by atoms with Crippen LogP contribution in [-0.4, -0.2) is 40.3 Å². The van der Waals surface area contributed by atoms with Crippen LogP contribution in [0.4, 0.5) is 10.5 Å². The minimum absolute atomic E-state index is 0.458. The van der Waals surface area contributed by atoms with Gasteiger partial charge in [-0.05, 0) is 50.6 Å². The number of fused-ring (bicyclic) bond motifs is 1. The van der Waals surface area contributed by atoms with Crippen molar-refractivity contribution in [3.63, 3.8) is 0 Å². The number of carbonyl (C=O) groups excluding carboxylic acids is 3. The third-order valence-corrected chi connectivity index (χ3v) is 6.12. The Balaban J connectivity index is 2.00. The number of nitrogens with zero attached hydrogens (tertiary/aromatic N) is 3. The Hall–Kier alpha value is -3.46. The molecule has 2 atom stereocenters. The van der Waals surface area contributed by atoms with Gasteiger partial charge in [-0.15, -0.1) is 0 Å². The van der Waals surface area contributed by atoms with Crippen molar-refractivity contribution in [2.45, 2.75) is 37.8 Å². The van der Waals surface area contributed by atoms with E-state index >= 15 is 0 Å². The largest absolute Gasteiger partial charge is 0.444 e. The molecule has 9 heteroatoms. The van der Waals surface area contributed by atoms with Gasteiger partial charge < -0.3 is 15.0 Å². The van der Waals surface area contributed by atoms with Gasteiger partial charge in [0.25, 0.3) is 11.8 Å². The monoisotopic (exact) mass is 524 g/mol. The van der Waals surface area contributed by atoms with Crippen molar-refractivity contribution in [3.8, 4) is 0 Å². The molecule has 0 radical (unpaired) electrons. The second-order valence-electron chi connectivity index (χ2n) is 9.09. The Morgan fingerprint density at radius 1 is 1.12 bits per heavy atom. The Bertz CT molecular complexity index is 1240. The number of likely N-dealkylation sites (N-methyl/N-ethyl adjacent to an activating group) is 1. The standard InChI is InChI=1S/C25H25BrN4O4/c1-24(2,3)34-23(33)28-25(18-15-17(26)11-12-19(18)29(4)22(25)32)20(16-9-6-5-7-10-16)21(31)30-14-8-13-27-30/h5-15,20H,1-4H3,(H,28,33)/t20-,25+/m1/s1. The van der Waals surface area contributed by atoms with Crippen LogP contribution in [0.5, 0.6) is 0 Å². The number of ether oxygens (including phenoxy) is 1. The zero-order chi connectivity index (χ0) is 24.7. The average molecular weight is 525 g/mol. The Morgan fingerprint density at radius 3 is 2.44 bits per heavy atom. The van der Waals surface area contributed by atoms with E-state index in [-0.39, 0.29) is 0 Å². The summed E-state index contributed by atoms with van der Waals surface area (Å²) >= 11 is 3.48. The molecule has 176 valence electrons. The minimum atomic E-state index is -1.78. The third-order valence-electron chi connectivity index (χ3n) is 5.63. The number of rotatable bonds is 4. The molecular formula is C25H25BrN4O4. The van der Waals surface area contributed by atoms with Gasteiger partial charge in [-0.3, -0.25) is 9.59 Å². The molecule has 0 saturated heterocycles. The molecule has 0 spiro atoms. The molecule has 2 heterocycles. The van der Waals surface area contributed by atoms with Crippen LogP contribution in [0.25, 0.3) is 0 Å². The molecule has 1 aliphatic rings. The number of amides is 2. The summed E-state index contributed by atoms with van der Waals surface area (Å²) in [6.45, 7) is 5.20. The van der Waals surface area contributed by atoms with Crippen LogP contribution in [0, 0.1) is 0 Å². The maximum absolute atomic E-state index is 14.0. The number of nitrogens with one attached hydrogen (secondary N) is 1. The Kier molecular flexibility index (Phi) is 6.07. The summed E-state index contributed by atoms with van der Waals surface area (Å²) in [6.07, 6.45) is 2.20. The van der Waals surface area contributed by atoms with Crippen LogP contribution < -0.4 is 10.2 Å². The van der Waals surface area contributed by atoms with E-state index in [1.54, 1.807) is 76.3 Å². The summed E-state index contributed by atoms with van der Waals surface area (Å²) in [6, 6.07) is 15.9. The van der Waals surface area contributed by atoms with Crippen molar-refractivity contribution in [2.75, 3.05) is 11.9 Å². The van der Waals surface area contributed by atoms with Crippen molar-refractivity contribution < 1.29 is 19.1 Å². The first-order chi connectivity index (χ1) is 16.0. The molecule has 0 fully saturated rings. The van der Waals surface area contributed by atoms with Gasteiger partial charge in [-0.1, -0.05) is 46.3 Å². The lowest BCUT2D eigenvalue weighted by Crippen LogP contribution is -2.59. The Labute approximate surface area is 206 Å². The summed E-state index contributed by atoms with van der Waals surface area (Å²) in [4.78, 5) is 42.6. The van der Waals surface area contributed by atoms with E-state index < -0.39 is 35.0 Å². The first-order valence-corrected chi connectivity index (χ1v) is 11.5. The van der Waals surface area contributed by atoms with Crippen molar-refractivity contribution in [2.24, 2.45) is 0 Å². The average Bonchev–Trinajstić information content (AvgIpc) is 3.37. The first-order valence-electron chi connectivity index (χ1n) is 10.7. The molecule has 1 aliphatic heterocycles. The quantitative estimate of drug-likeness (QED) is 0.543. The highest BCUT2D eigenvalue weighted by atomic mass is 79.9. The molecule has 2 aromatic carbocycles. The lowest BCUT2D eigenvalue weighted by Gasteiger charge is -2.37. The molecule has 0 bridgehead atoms. The fourth-order valence-electron chi connectivity index (χ4n) is 4.30. The molecule has 8 nitrogen and oxygen atoms in total. The molecule has 0 unspecified atom stereocenters. The van der Waals surface area contributed by atoms with E-state index in [1.165, 1.54) is 22.0 Å². The molecule has 0 aliphatic carbocycles. The number of anilines is 1. The maximum Gasteiger partial charge on any atom is 0.408 e. The van der Waals surface area contributed by atoms with Crippen LogP contribution in [0.2, 0.25) is 0 Å². The minimum Gasteiger partial charge on any atom is -0.444 e. The summed E-state index contributed by atoms with van der Waals surface area (Å²) in [5, 5.41) is 6.93. The lowest BCUT2D eigenvalue weighted by atomic mass is 9.74. The van der Waals surface area contributed by atoms with Crippen molar-refractivity contribution in [1.82, 2.24) is 15.1 Å². The number of alkyl carbamates (subject to hydrolysis) is 1. The van der Waals surface area contributed by atoms with E-state index in [1.807, 2.05) is 6.07 Å². The topological polar surface area (TPSA) is 93.5 Å². The molecule has 34 heavy (non-hydrogen) atoms. The number of carbonyl (C=O) groups is 3. The van der Waals surface area contributed by atoms with Crippen LogP contribution in [0.15, 0.2) is 71.5 Å². The summed E-state index contributed by atoms with van der Waals surface area (Å²) in [7, 11) is 1.62. The van der Waals surface area contributed by atoms with E-state index in [0.717, 1.165) is 0 Å². The number of hydrogen-bond acceptors (Lipinski definition) is 5. The van der Waals surface area contributed by atoms with Gasteiger partial charge in [0, 0.05) is 35.2 Å². The molecule has 0 saturated carbocycles. The van der Waals surface area contributed by atoms with E-state index in [9.17, 15) is 14.4 Å². The predicted molar refractivity (Wildman–Crippen MR) is 131 cm³/mol. The Morgan fingerprint density at radius 2 is 1.82 bits per heavy atom.